The SMILES string of the molecule is c1ccc(-c2nc(-c3ccccc3)nc(-c3cc(-c4ccc(-c5cccnc5)cc4)cc(-c4ccc(-c5cccnc5)cc4)c3)n2)cc1. The average molecular weight is 616 g/mol. The van der Waals surface area contributed by atoms with Crippen LogP contribution in [0.3, 0.4) is 0 Å². The minimum atomic E-state index is 0.616. The summed E-state index contributed by atoms with van der Waals surface area (Å²) in [5.41, 5.74) is 11.5. The monoisotopic (exact) mass is 615 g/mol. The summed E-state index contributed by atoms with van der Waals surface area (Å²) in [4.78, 5) is 23.6. The molecule has 5 nitrogen and oxygen atoms in total. The Hall–Kier alpha value is -6.59. The molecule has 3 aromatic heterocycles. The molecule has 0 atom stereocenters. The van der Waals surface area contributed by atoms with Crippen molar-refractivity contribution in [1.29, 1.82) is 0 Å². The summed E-state index contributed by atoms with van der Waals surface area (Å²) in [6, 6.07) is 52.0. The predicted molar refractivity (Wildman–Crippen MR) is 193 cm³/mol. The Kier molecular flexibility index (Phi) is 7.83. The van der Waals surface area contributed by atoms with Crippen LogP contribution in [-0.4, -0.2) is 24.9 Å². The number of nitrogens with zero attached hydrogens (tertiary/aromatic N) is 5. The number of benzene rings is 5. The van der Waals surface area contributed by atoms with E-state index in [1.54, 1.807) is 12.4 Å². The van der Waals surface area contributed by atoms with E-state index in [-0.39, 0.29) is 0 Å². The average Bonchev–Trinajstić information content (AvgIpc) is 3.19. The molecular formula is C43H29N5. The number of pyridine rings is 2. The summed E-state index contributed by atoms with van der Waals surface area (Å²) >= 11 is 0. The first-order valence-corrected chi connectivity index (χ1v) is 15.8. The van der Waals surface area contributed by atoms with Crippen LogP contribution < -0.4 is 0 Å². The lowest BCUT2D eigenvalue weighted by Gasteiger charge is -2.13. The van der Waals surface area contributed by atoms with Crippen LogP contribution in [0.15, 0.2) is 176 Å². The highest BCUT2D eigenvalue weighted by Gasteiger charge is 2.15. The van der Waals surface area contributed by atoms with E-state index < -0.39 is 0 Å². The fourth-order valence-electron chi connectivity index (χ4n) is 5.80. The van der Waals surface area contributed by atoms with Crippen molar-refractivity contribution in [2.24, 2.45) is 0 Å². The third-order valence-corrected chi connectivity index (χ3v) is 8.32. The van der Waals surface area contributed by atoms with Crippen LogP contribution in [0.25, 0.3) is 78.7 Å². The molecule has 0 amide bonds. The molecule has 5 heteroatoms. The molecular weight excluding hydrogens is 587 g/mol. The molecule has 0 aliphatic heterocycles. The second-order valence-electron chi connectivity index (χ2n) is 11.5. The molecule has 0 saturated heterocycles. The first kappa shape index (κ1) is 28.9. The zero-order chi connectivity index (χ0) is 32.1. The van der Waals surface area contributed by atoms with E-state index in [4.69, 9.17) is 15.0 Å². The standard InChI is InChI=1S/C43H29N5/c1-3-9-34(10-4-1)41-46-42(35-11-5-2-6-12-35)48-43(47-41)40-26-38(32-19-15-30(16-20-32)36-13-7-23-44-28-36)25-39(27-40)33-21-17-31(18-22-33)37-14-8-24-45-29-37/h1-29H. The summed E-state index contributed by atoms with van der Waals surface area (Å²) in [6.45, 7) is 0. The molecule has 0 spiro atoms. The van der Waals surface area contributed by atoms with Crippen molar-refractivity contribution in [2.75, 3.05) is 0 Å². The second-order valence-corrected chi connectivity index (χ2v) is 11.5. The van der Waals surface area contributed by atoms with E-state index in [2.05, 4.69) is 88.8 Å². The summed E-state index contributed by atoms with van der Waals surface area (Å²) in [6.07, 6.45) is 7.36. The smallest absolute Gasteiger partial charge is 0.164 e. The normalized spacial score (nSPS) is 10.9. The minimum absolute atomic E-state index is 0.616. The van der Waals surface area contributed by atoms with Gasteiger partial charge in [0, 0.05) is 41.5 Å². The molecule has 8 rings (SSSR count). The molecule has 0 aliphatic rings. The molecule has 0 fully saturated rings. The van der Waals surface area contributed by atoms with Gasteiger partial charge in [0.1, 0.15) is 0 Å². The highest BCUT2D eigenvalue weighted by Crippen LogP contribution is 2.35. The molecule has 5 aromatic carbocycles. The Balaban J connectivity index is 1.28. The van der Waals surface area contributed by atoms with Gasteiger partial charge in [0.25, 0.3) is 0 Å². The molecule has 0 saturated carbocycles. The largest absolute Gasteiger partial charge is 0.264 e. The van der Waals surface area contributed by atoms with Crippen LogP contribution >= 0.6 is 0 Å². The van der Waals surface area contributed by atoms with Crippen molar-refractivity contribution >= 4 is 0 Å². The molecule has 3 heterocycles. The van der Waals surface area contributed by atoms with Gasteiger partial charge in [0.15, 0.2) is 17.5 Å². The first-order chi connectivity index (χ1) is 23.8. The number of rotatable bonds is 7. The summed E-state index contributed by atoms with van der Waals surface area (Å²) in [5.74, 6) is 1.88. The third kappa shape index (κ3) is 6.13. The Morgan fingerprint density at radius 3 is 0.958 bits per heavy atom. The van der Waals surface area contributed by atoms with Crippen molar-refractivity contribution < 1.29 is 0 Å². The quantitative estimate of drug-likeness (QED) is 0.178. The van der Waals surface area contributed by atoms with Crippen molar-refractivity contribution in [1.82, 2.24) is 24.9 Å². The van der Waals surface area contributed by atoms with Crippen LogP contribution in [0.4, 0.5) is 0 Å². The van der Waals surface area contributed by atoms with Crippen molar-refractivity contribution in [3.63, 3.8) is 0 Å². The van der Waals surface area contributed by atoms with E-state index in [1.807, 2.05) is 85.2 Å². The Labute approximate surface area is 279 Å². The second kappa shape index (κ2) is 13.0. The molecule has 0 aliphatic carbocycles. The lowest BCUT2D eigenvalue weighted by molar-refractivity contribution is 1.07. The molecule has 226 valence electrons. The number of hydrogen-bond acceptors (Lipinski definition) is 5. The first-order valence-electron chi connectivity index (χ1n) is 15.8. The fourth-order valence-corrected chi connectivity index (χ4v) is 5.80. The van der Waals surface area contributed by atoms with Gasteiger partial charge in [-0.05, 0) is 74.8 Å². The van der Waals surface area contributed by atoms with E-state index in [1.165, 1.54) is 0 Å². The number of aromatic nitrogens is 5. The van der Waals surface area contributed by atoms with E-state index in [9.17, 15) is 0 Å². The highest BCUT2D eigenvalue weighted by atomic mass is 15.0. The maximum Gasteiger partial charge on any atom is 0.164 e. The van der Waals surface area contributed by atoms with E-state index >= 15 is 0 Å². The molecule has 0 bridgehead atoms. The number of hydrogen-bond donors (Lipinski definition) is 0. The fraction of sp³-hybridized carbons (Fsp3) is 0. The van der Waals surface area contributed by atoms with Gasteiger partial charge in [0.05, 0.1) is 0 Å². The zero-order valence-corrected chi connectivity index (χ0v) is 26.0. The van der Waals surface area contributed by atoms with Crippen LogP contribution in [-0.2, 0) is 0 Å². The summed E-state index contributed by atoms with van der Waals surface area (Å²) < 4.78 is 0. The van der Waals surface area contributed by atoms with Gasteiger partial charge in [-0.3, -0.25) is 9.97 Å². The Bertz CT molecular complexity index is 2130. The lowest BCUT2D eigenvalue weighted by Crippen LogP contribution is -2.00. The molecule has 8 aromatic rings. The highest BCUT2D eigenvalue weighted by molar-refractivity contribution is 5.82. The molecule has 0 N–H and O–H groups in total. The van der Waals surface area contributed by atoms with Gasteiger partial charge < -0.3 is 0 Å². The lowest BCUT2D eigenvalue weighted by atomic mass is 9.94. The van der Waals surface area contributed by atoms with Crippen LogP contribution in [0.1, 0.15) is 0 Å². The molecule has 0 radical (unpaired) electrons. The van der Waals surface area contributed by atoms with Gasteiger partial charge in [-0.25, -0.2) is 15.0 Å². The Morgan fingerprint density at radius 1 is 0.250 bits per heavy atom. The van der Waals surface area contributed by atoms with Crippen LogP contribution in [0.2, 0.25) is 0 Å². The van der Waals surface area contributed by atoms with Crippen LogP contribution in [0.5, 0.6) is 0 Å². The maximum absolute atomic E-state index is 5.04. The topological polar surface area (TPSA) is 64.5 Å². The van der Waals surface area contributed by atoms with Crippen molar-refractivity contribution in [2.45, 2.75) is 0 Å². The van der Waals surface area contributed by atoms with Gasteiger partial charge in [-0.1, -0.05) is 121 Å². The van der Waals surface area contributed by atoms with Crippen LogP contribution in [0, 0.1) is 0 Å². The predicted octanol–water partition coefficient (Wildman–Crippen LogP) is 10.3. The van der Waals surface area contributed by atoms with Crippen molar-refractivity contribution in [3.05, 3.63) is 176 Å². The maximum atomic E-state index is 5.04. The van der Waals surface area contributed by atoms with Gasteiger partial charge >= 0.3 is 0 Å². The summed E-state index contributed by atoms with van der Waals surface area (Å²) in [5, 5.41) is 0. The van der Waals surface area contributed by atoms with E-state index in [0.717, 1.165) is 61.2 Å². The summed E-state index contributed by atoms with van der Waals surface area (Å²) in [7, 11) is 0. The third-order valence-electron chi connectivity index (χ3n) is 8.32. The molecule has 0 unspecified atom stereocenters. The van der Waals surface area contributed by atoms with Gasteiger partial charge in [-0.2, -0.15) is 0 Å². The van der Waals surface area contributed by atoms with Gasteiger partial charge in [0.2, 0.25) is 0 Å². The minimum Gasteiger partial charge on any atom is -0.264 e. The Morgan fingerprint density at radius 2 is 0.583 bits per heavy atom. The molecule has 48 heavy (non-hydrogen) atoms. The van der Waals surface area contributed by atoms with E-state index in [0.29, 0.717) is 17.5 Å². The van der Waals surface area contributed by atoms with Gasteiger partial charge in [-0.15, -0.1) is 0 Å². The van der Waals surface area contributed by atoms with Crippen molar-refractivity contribution in [3.8, 4) is 78.7 Å². The zero-order valence-electron chi connectivity index (χ0n) is 26.0.